The van der Waals surface area contributed by atoms with E-state index >= 15 is 0 Å². The van der Waals surface area contributed by atoms with Gasteiger partial charge in [0.2, 0.25) is 0 Å². The zero-order valence-electron chi connectivity index (χ0n) is 9.50. The fourth-order valence-electron chi connectivity index (χ4n) is 1.13. The molecule has 0 aromatic carbocycles. The second kappa shape index (κ2) is 7.38. The topological polar surface area (TPSA) is 111 Å². The number of nitrogens with two attached hydrogens (primary N) is 1. The lowest BCUT2D eigenvalue weighted by molar-refractivity contribution is -0.403. The first-order chi connectivity index (χ1) is 8.61. The normalized spacial score (nSPS) is 11.2. The highest BCUT2D eigenvalue weighted by Gasteiger charge is 2.01. The van der Waals surface area contributed by atoms with Crippen LogP contribution in [0.3, 0.4) is 0 Å². The largest absolute Gasteiger partial charge is 0.457 e. The molecule has 0 bridgehead atoms. The van der Waals surface area contributed by atoms with Gasteiger partial charge in [0.25, 0.3) is 6.20 Å². The molecule has 0 spiro atoms. The quantitative estimate of drug-likeness (QED) is 0.313. The monoisotopic (exact) mass is 271 g/mol. The van der Waals surface area contributed by atoms with Gasteiger partial charge < -0.3 is 15.5 Å². The first-order valence-corrected chi connectivity index (χ1v) is 6.23. The van der Waals surface area contributed by atoms with Crippen molar-refractivity contribution >= 4 is 18.0 Å². The Hall–Kier alpha value is -1.96. The number of nitro groups is 1. The molecule has 7 nitrogen and oxygen atoms in total. The van der Waals surface area contributed by atoms with E-state index in [1.165, 1.54) is 0 Å². The number of nitrogens with zero attached hydrogens (tertiary/aromatic N) is 1. The molecular weight excluding hydrogens is 258 g/mol. The lowest BCUT2D eigenvalue weighted by Crippen LogP contribution is -2.23. The molecule has 0 saturated carbocycles. The fraction of sp³-hybridized carbons (Fsp3) is 0.300. The van der Waals surface area contributed by atoms with Gasteiger partial charge in [-0.15, -0.1) is 0 Å². The van der Waals surface area contributed by atoms with Crippen LogP contribution in [0.4, 0.5) is 0 Å². The van der Waals surface area contributed by atoms with Crippen molar-refractivity contribution in [2.45, 2.75) is 5.75 Å². The van der Waals surface area contributed by atoms with E-state index in [1.54, 1.807) is 23.9 Å². The second-order valence-electron chi connectivity index (χ2n) is 3.27. The molecule has 1 heterocycles. The molecule has 3 N–H and O–H groups in total. The predicted octanol–water partition coefficient (Wildman–Crippen LogP) is 0.949. The maximum Gasteiger partial charge on any atom is 0.273 e. The van der Waals surface area contributed by atoms with E-state index in [2.05, 4.69) is 5.32 Å². The highest BCUT2D eigenvalue weighted by molar-refractivity contribution is 7.98. The number of hydrogen-bond acceptors (Lipinski definition) is 7. The zero-order valence-corrected chi connectivity index (χ0v) is 10.3. The smallest absolute Gasteiger partial charge is 0.273 e. The van der Waals surface area contributed by atoms with E-state index in [0.717, 1.165) is 5.76 Å². The minimum atomic E-state index is -0.612. The van der Waals surface area contributed by atoms with Crippen LogP contribution in [0.25, 0.3) is 0 Å². The van der Waals surface area contributed by atoms with Crippen molar-refractivity contribution in [1.82, 2.24) is 5.32 Å². The summed E-state index contributed by atoms with van der Waals surface area (Å²) < 4.78 is 5.18. The number of furan rings is 1. The summed E-state index contributed by atoms with van der Waals surface area (Å²) in [6, 6.07) is 3.35. The van der Waals surface area contributed by atoms with Crippen molar-refractivity contribution in [3.63, 3.8) is 0 Å². The average molecular weight is 271 g/mol. The molecule has 0 fully saturated rings. The van der Waals surface area contributed by atoms with Gasteiger partial charge in [0.1, 0.15) is 5.76 Å². The molecule has 0 saturated heterocycles. The van der Waals surface area contributed by atoms with E-state index in [1.807, 2.05) is 0 Å². The third-order valence-corrected chi connectivity index (χ3v) is 2.84. The molecule has 8 heteroatoms. The predicted molar refractivity (Wildman–Crippen MR) is 67.5 cm³/mol. The number of rotatable bonds is 8. The van der Waals surface area contributed by atoms with E-state index < -0.39 is 4.92 Å². The Morgan fingerprint density at radius 3 is 3.00 bits per heavy atom. The van der Waals surface area contributed by atoms with Gasteiger partial charge in [-0.1, -0.05) is 0 Å². The summed E-state index contributed by atoms with van der Waals surface area (Å²) in [6.45, 7) is 0.516. The van der Waals surface area contributed by atoms with Gasteiger partial charge in [0.15, 0.2) is 17.9 Å². The molecule has 0 aliphatic rings. The minimum absolute atomic E-state index is 0.0295. The Kier molecular flexibility index (Phi) is 5.78. The Balaban J connectivity index is 2.15. The molecule has 1 aromatic heterocycles. The summed E-state index contributed by atoms with van der Waals surface area (Å²) >= 11 is 1.57. The van der Waals surface area contributed by atoms with Crippen molar-refractivity contribution in [1.29, 1.82) is 0 Å². The summed E-state index contributed by atoms with van der Waals surface area (Å²) in [5.41, 5.74) is 5.33. The highest BCUT2D eigenvalue weighted by atomic mass is 32.2. The van der Waals surface area contributed by atoms with Crippen molar-refractivity contribution < 1.29 is 14.1 Å². The maximum atomic E-state index is 10.4. The Morgan fingerprint density at radius 2 is 2.39 bits per heavy atom. The standard InChI is InChI=1S/C10H13N3O4S/c11-10(5-13(15)16)12-3-4-18-7-9-2-1-8(6-14)17-9/h1-2,5-6,12H,3-4,7,11H2/b10-5+. The van der Waals surface area contributed by atoms with Gasteiger partial charge in [0.05, 0.1) is 10.7 Å². The van der Waals surface area contributed by atoms with Gasteiger partial charge in [-0.05, 0) is 12.1 Å². The summed E-state index contributed by atoms with van der Waals surface area (Å²) in [5.74, 6) is 2.40. The molecule has 1 aromatic rings. The molecule has 98 valence electrons. The van der Waals surface area contributed by atoms with Gasteiger partial charge >= 0.3 is 0 Å². The number of thioether (sulfide) groups is 1. The van der Waals surface area contributed by atoms with Crippen molar-refractivity contribution in [2.75, 3.05) is 12.3 Å². The lowest BCUT2D eigenvalue weighted by atomic mass is 10.4. The average Bonchev–Trinajstić information content (AvgIpc) is 2.75. The third kappa shape index (κ3) is 5.39. The second-order valence-corrected chi connectivity index (χ2v) is 4.38. The SMILES string of the molecule is N/C(=C\[N+](=O)[O-])NCCSCc1ccc(C=O)o1. The molecule has 0 radical (unpaired) electrons. The van der Waals surface area contributed by atoms with Crippen LogP contribution in [0.5, 0.6) is 0 Å². The lowest BCUT2D eigenvalue weighted by Gasteiger charge is -2.03. The molecule has 0 unspecified atom stereocenters. The minimum Gasteiger partial charge on any atom is -0.457 e. The Morgan fingerprint density at radius 1 is 1.61 bits per heavy atom. The van der Waals surface area contributed by atoms with Crippen molar-refractivity contribution in [3.05, 3.63) is 45.8 Å². The van der Waals surface area contributed by atoms with Crippen LogP contribution >= 0.6 is 11.8 Å². The van der Waals surface area contributed by atoms with Crippen LogP contribution in [0, 0.1) is 10.1 Å². The van der Waals surface area contributed by atoms with Crippen LogP contribution in [-0.2, 0) is 5.75 Å². The molecule has 1 rings (SSSR count). The molecular formula is C10H13N3O4S. The highest BCUT2D eigenvalue weighted by Crippen LogP contribution is 2.13. The van der Waals surface area contributed by atoms with Gasteiger partial charge in [-0.25, -0.2) is 0 Å². The number of aldehydes is 1. The van der Waals surface area contributed by atoms with Gasteiger partial charge in [-0.3, -0.25) is 14.9 Å². The molecule has 0 aliphatic carbocycles. The molecule has 0 atom stereocenters. The van der Waals surface area contributed by atoms with Crippen molar-refractivity contribution in [2.24, 2.45) is 5.73 Å². The maximum absolute atomic E-state index is 10.4. The van der Waals surface area contributed by atoms with Crippen LogP contribution in [0.1, 0.15) is 16.3 Å². The van der Waals surface area contributed by atoms with E-state index in [-0.39, 0.29) is 5.82 Å². The Bertz CT molecular complexity index is 444. The molecule has 18 heavy (non-hydrogen) atoms. The summed E-state index contributed by atoms with van der Waals surface area (Å²) in [7, 11) is 0. The van der Waals surface area contributed by atoms with E-state index in [9.17, 15) is 14.9 Å². The van der Waals surface area contributed by atoms with Crippen LogP contribution in [-0.4, -0.2) is 23.5 Å². The number of hydrogen-bond donors (Lipinski definition) is 2. The van der Waals surface area contributed by atoms with E-state index in [0.29, 0.717) is 36.3 Å². The van der Waals surface area contributed by atoms with Crippen LogP contribution in [0.15, 0.2) is 28.6 Å². The first kappa shape index (κ1) is 14.1. The van der Waals surface area contributed by atoms with E-state index in [4.69, 9.17) is 10.2 Å². The van der Waals surface area contributed by atoms with Crippen LogP contribution in [0.2, 0.25) is 0 Å². The fourth-order valence-corrected chi connectivity index (χ4v) is 1.88. The number of nitrogens with one attached hydrogen (secondary N) is 1. The summed E-state index contributed by atoms with van der Waals surface area (Å²) in [5, 5.41) is 12.8. The third-order valence-electron chi connectivity index (χ3n) is 1.86. The molecule has 0 amide bonds. The van der Waals surface area contributed by atoms with Gasteiger partial charge in [-0.2, -0.15) is 11.8 Å². The zero-order chi connectivity index (χ0) is 13.4. The van der Waals surface area contributed by atoms with Crippen LogP contribution < -0.4 is 11.1 Å². The number of carbonyl (C=O) groups is 1. The summed E-state index contributed by atoms with van der Waals surface area (Å²) in [4.78, 5) is 19.8. The van der Waals surface area contributed by atoms with Crippen molar-refractivity contribution in [3.8, 4) is 0 Å². The van der Waals surface area contributed by atoms with Gasteiger partial charge in [0, 0.05) is 12.3 Å². The molecule has 0 aliphatic heterocycles. The first-order valence-electron chi connectivity index (χ1n) is 5.08. The summed E-state index contributed by atoms with van der Waals surface area (Å²) in [6.07, 6.45) is 1.37. The Labute approximate surface area is 108 Å². The number of carbonyl (C=O) groups excluding carboxylic acids is 1.